The van der Waals surface area contributed by atoms with Crippen molar-refractivity contribution >= 4 is 15.7 Å². The van der Waals surface area contributed by atoms with Crippen LogP contribution in [0.5, 0.6) is 11.5 Å². The van der Waals surface area contributed by atoms with Gasteiger partial charge in [0.2, 0.25) is 10.0 Å². The van der Waals surface area contributed by atoms with Crippen LogP contribution >= 0.6 is 0 Å². The van der Waals surface area contributed by atoms with Gasteiger partial charge in [-0.25, -0.2) is 8.42 Å². The van der Waals surface area contributed by atoms with E-state index in [2.05, 4.69) is 4.72 Å². The molecule has 0 radical (unpaired) electrons. The standard InChI is InChI=1S/C18H23NO4S/c1-13-5-6-14(2)16(11-13)19-24(20,21)10-9-15-7-8-17(22-3)18(12-15)23-4/h5-8,11-12,19H,9-10H2,1-4H3. The molecule has 0 unspecified atom stereocenters. The quantitative estimate of drug-likeness (QED) is 0.833. The lowest BCUT2D eigenvalue weighted by molar-refractivity contribution is 0.354. The Bertz CT molecular complexity index is 816. The second kappa shape index (κ2) is 7.57. The summed E-state index contributed by atoms with van der Waals surface area (Å²) >= 11 is 0. The molecule has 0 aliphatic heterocycles. The van der Waals surface area contributed by atoms with Gasteiger partial charge in [0.15, 0.2) is 11.5 Å². The summed E-state index contributed by atoms with van der Waals surface area (Å²) in [6.07, 6.45) is 0.389. The third-order valence-corrected chi connectivity index (χ3v) is 5.04. The van der Waals surface area contributed by atoms with Crippen LogP contribution in [-0.2, 0) is 16.4 Å². The summed E-state index contributed by atoms with van der Waals surface area (Å²) < 4.78 is 37.8. The van der Waals surface area contributed by atoms with Crippen molar-refractivity contribution in [3.63, 3.8) is 0 Å². The molecule has 0 atom stereocenters. The van der Waals surface area contributed by atoms with Gasteiger partial charge in [0.05, 0.1) is 25.7 Å². The summed E-state index contributed by atoms with van der Waals surface area (Å²) in [6, 6.07) is 11.1. The van der Waals surface area contributed by atoms with Gasteiger partial charge in [0.1, 0.15) is 0 Å². The van der Waals surface area contributed by atoms with E-state index in [0.717, 1.165) is 16.7 Å². The fourth-order valence-corrected chi connectivity index (χ4v) is 3.51. The minimum atomic E-state index is -3.43. The van der Waals surface area contributed by atoms with Gasteiger partial charge in [-0.05, 0) is 55.2 Å². The van der Waals surface area contributed by atoms with E-state index in [1.54, 1.807) is 26.4 Å². The zero-order valence-electron chi connectivity index (χ0n) is 14.4. The van der Waals surface area contributed by atoms with E-state index < -0.39 is 10.0 Å². The van der Waals surface area contributed by atoms with Crippen molar-refractivity contribution < 1.29 is 17.9 Å². The lowest BCUT2D eigenvalue weighted by atomic mass is 10.1. The maximum Gasteiger partial charge on any atom is 0.233 e. The Morgan fingerprint density at radius 2 is 1.67 bits per heavy atom. The Balaban J connectivity index is 2.09. The number of anilines is 1. The van der Waals surface area contributed by atoms with Crippen molar-refractivity contribution in [1.29, 1.82) is 0 Å². The van der Waals surface area contributed by atoms with Crippen LogP contribution in [-0.4, -0.2) is 28.4 Å². The van der Waals surface area contributed by atoms with Crippen molar-refractivity contribution in [2.45, 2.75) is 20.3 Å². The van der Waals surface area contributed by atoms with Crippen molar-refractivity contribution in [2.24, 2.45) is 0 Å². The Morgan fingerprint density at radius 1 is 0.958 bits per heavy atom. The van der Waals surface area contributed by atoms with Crippen LogP contribution in [0.1, 0.15) is 16.7 Å². The number of hydrogen-bond acceptors (Lipinski definition) is 4. The first-order chi connectivity index (χ1) is 11.3. The molecule has 0 aliphatic rings. The average Bonchev–Trinajstić information content (AvgIpc) is 2.56. The molecule has 0 bridgehead atoms. The van der Waals surface area contributed by atoms with Crippen LogP contribution in [0, 0.1) is 13.8 Å². The molecule has 0 aromatic heterocycles. The normalized spacial score (nSPS) is 11.2. The molecule has 6 heteroatoms. The second-order valence-corrected chi connectivity index (χ2v) is 7.52. The van der Waals surface area contributed by atoms with Crippen LogP contribution in [0.2, 0.25) is 0 Å². The smallest absolute Gasteiger partial charge is 0.233 e. The third kappa shape index (κ3) is 4.64. The van der Waals surface area contributed by atoms with Crippen molar-refractivity contribution in [1.82, 2.24) is 0 Å². The Kier molecular flexibility index (Phi) is 5.72. The molecular formula is C18H23NO4S. The predicted molar refractivity (Wildman–Crippen MR) is 96.6 cm³/mol. The number of aryl methyl sites for hydroxylation is 3. The lowest BCUT2D eigenvalue weighted by Crippen LogP contribution is -2.19. The molecule has 1 N–H and O–H groups in total. The molecule has 130 valence electrons. The summed E-state index contributed by atoms with van der Waals surface area (Å²) in [4.78, 5) is 0. The topological polar surface area (TPSA) is 64.6 Å². The summed E-state index contributed by atoms with van der Waals surface area (Å²) in [7, 11) is -0.308. The maximum absolute atomic E-state index is 12.3. The van der Waals surface area contributed by atoms with Gasteiger partial charge in [-0.3, -0.25) is 4.72 Å². The number of nitrogens with one attached hydrogen (secondary N) is 1. The molecule has 0 saturated heterocycles. The molecule has 0 amide bonds. The minimum absolute atomic E-state index is 0.00410. The van der Waals surface area contributed by atoms with Gasteiger partial charge in [-0.15, -0.1) is 0 Å². The monoisotopic (exact) mass is 349 g/mol. The van der Waals surface area contributed by atoms with E-state index in [1.807, 2.05) is 38.1 Å². The van der Waals surface area contributed by atoms with E-state index in [-0.39, 0.29) is 5.75 Å². The zero-order valence-corrected chi connectivity index (χ0v) is 15.2. The highest BCUT2D eigenvalue weighted by molar-refractivity contribution is 7.92. The number of hydrogen-bond donors (Lipinski definition) is 1. The minimum Gasteiger partial charge on any atom is -0.493 e. The second-order valence-electron chi connectivity index (χ2n) is 5.68. The Morgan fingerprint density at radius 3 is 2.33 bits per heavy atom. The molecule has 5 nitrogen and oxygen atoms in total. The van der Waals surface area contributed by atoms with Crippen LogP contribution in [0.3, 0.4) is 0 Å². The van der Waals surface area contributed by atoms with E-state index >= 15 is 0 Å². The largest absolute Gasteiger partial charge is 0.493 e. The van der Waals surface area contributed by atoms with Crippen LogP contribution in [0.4, 0.5) is 5.69 Å². The van der Waals surface area contributed by atoms with Crippen molar-refractivity contribution in [3.05, 3.63) is 53.1 Å². The molecular weight excluding hydrogens is 326 g/mol. The molecule has 2 aromatic rings. The lowest BCUT2D eigenvalue weighted by Gasteiger charge is -2.12. The molecule has 0 aliphatic carbocycles. The zero-order chi connectivity index (χ0) is 17.7. The summed E-state index contributed by atoms with van der Waals surface area (Å²) in [5.41, 5.74) is 3.41. The summed E-state index contributed by atoms with van der Waals surface area (Å²) in [5, 5.41) is 0. The molecule has 2 rings (SSSR count). The first kappa shape index (κ1) is 18.1. The van der Waals surface area contributed by atoms with E-state index in [9.17, 15) is 8.42 Å². The first-order valence-corrected chi connectivity index (χ1v) is 9.28. The number of rotatable bonds is 7. The van der Waals surface area contributed by atoms with Gasteiger partial charge in [0.25, 0.3) is 0 Å². The predicted octanol–water partition coefficient (Wildman–Crippen LogP) is 3.31. The number of benzene rings is 2. The van der Waals surface area contributed by atoms with Gasteiger partial charge in [-0.2, -0.15) is 0 Å². The first-order valence-electron chi connectivity index (χ1n) is 7.63. The summed E-state index contributed by atoms with van der Waals surface area (Å²) in [5.74, 6) is 1.21. The highest BCUT2D eigenvalue weighted by Crippen LogP contribution is 2.28. The van der Waals surface area contributed by atoms with Crippen LogP contribution in [0.15, 0.2) is 36.4 Å². The van der Waals surface area contributed by atoms with Gasteiger partial charge in [0, 0.05) is 0 Å². The molecule has 0 fully saturated rings. The average molecular weight is 349 g/mol. The highest BCUT2D eigenvalue weighted by atomic mass is 32.2. The Hall–Kier alpha value is -2.21. The highest BCUT2D eigenvalue weighted by Gasteiger charge is 2.13. The SMILES string of the molecule is COc1ccc(CCS(=O)(=O)Nc2cc(C)ccc2C)cc1OC. The number of sulfonamides is 1. The summed E-state index contributed by atoms with van der Waals surface area (Å²) in [6.45, 7) is 3.81. The number of methoxy groups -OCH3 is 2. The molecule has 0 spiro atoms. The van der Waals surface area contributed by atoms with Crippen molar-refractivity contribution in [2.75, 3.05) is 24.7 Å². The number of ether oxygens (including phenoxy) is 2. The Labute approximate surface area is 143 Å². The van der Waals surface area contributed by atoms with E-state index in [4.69, 9.17) is 9.47 Å². The van der Waals surface area contributed by atoms with E-state index in [0.29, 0.717) is 23.6 Å². The van der Waals surface area contributed by atoms with Gasteiger partial charge >= 0.3 is 0 Å². The molecule has 0 heterocycles. The fourth-order valence-electron chi connectivity index (χ4n) is 2.35. The van der Waals surface area contributed by atoms with Crippen molar-refractivity contribution in [3.8, 4) is 11.5 Å². The molecule has 24 heavy (non-hydrogen) atoms. The third-order valence-electron chi connectivity index (χ3n) is 3.77. The van der Waals surface area contributed by atoms with Gasteiger partial charge < -0.3 is 9.47 Å². The van der Waals surface area contributed by atoms with Gasteiger partial charge in [-0.1, -0.05) is 18.2 Å². The van der Waals surface area contributed by atoms with E-state index in [1.165, 1.54) is 0 Å². The van der Waals surface area contributed by atoms with Crippen LogP contribution < -0.4 is 14.2 Å². The van der Waals surface area contributed by atoms with Crippen LogP contribution in [0.25, 0.3) is 0 Å². The molecule has 0 saturated carbocycles. The maximum atomic E-state index is 12.3. The fraction of sp³-hybridized carbons (Fsp3) is 0.333. The molecule has 2 aromatic carbocycles.